The molecule has 1 amide bonds. The number of aldehydes is 1. The van der Waals surface area contributed by atoms with Crippen LogP contribution in [0.2, 0.25) is 0 Å². The molecule has 7 heteroatoms. The van der Waals surface area contributed by atoms with E-state index in [1.54, 1.807) is 25.3 Å². The molecular weight excluding hydrogens is 540 g/mol. The van der Waals surface area contributed by atoms with Crippen LogP contribution >= 0.6 is 0 Å². The quantitative estimate of drug-likeness (QED) is 0.200. The van der Waals surface area contributed by atoms with E-state index in [2.05, 4.69) is 10.2 Å². The molecule has 3 aliphatic heterocycles. The van der Waals surface area contributed by atoms with E-state index in [1.807, 2.05) is 78.9 Å². The van der Waals surface area contributed by atoms with Gasteiger partial charge in [0.25, 0.3) is 0 Å². The summed E-state index contributed by atoms with van der Waals surface area (Å²) in [5, 5.41) is 11.9. The minimum Gasteiger partial charge on any atom is -0.496 e. The number of carboxylic acid groups (broad SMARTS) is 1. The Kier molecular flexibility index (Phi) is 10.1. The summed E-state index contributed by atoms with van der Waals surface area (Å²) in [4.78, 5) is 25.1. The normalized spacial score (nSPS) is 17.6. The third-order valence-corrected chi connectivity index (χ3v) is 8.18. The van der Waals surface area contributed by atoms with Gasteiger partial charge < -0.3 is 24.8 Å². The molecule has 3 fully saturated rings. The highest BCUT2D eigenvalue weighted by atomic mass is 16.5. The number of rotatable bonds is 9. The molecule has 3 saturated heterocycles. The number of fused-ring (bicyclic) bond motifs is 3. The fourth-order valence-corrected chi connectivity index (χ4v) is 5.75. The van der Waals surface area contributed by atoms with Crippen molar-refractivity contribution in [3.8, 4) is 22.6 Å². The summed E-state index contributed by atoms with van der Waals surface area (Å²) in [6, 6.07) is 29.5. The Labute approximate surface area is 254 Å². The number of methoxy groups -OCH3 is 1. The Bertz CT molecular complexity index is 1480. The molecule has 7 nitrogen and oxygen atoms in total. The maximum Gasteiger partial charge on any atom is 0.405 e. The Morgan fingerprint density at radius 1 is 0.930 bits per heavy atom. The second kappa shape index (κ2) is 14.5. The maximum atomic E-state index is 11.4. The number of ether oxygens (including phenoxy) is 2. The van der Waals surface area contributed by atoms with Crippen LogP contribution in [0.1, 0.15) is 53.8 Å². The van der Waals surface area contributed by atoms with Gasteiger partial charge in [-0.15, -0.1) is 0 Å². The van der Waals surface area contributed by atoms with Crippen molar-refractivity contribution in [2.75, 3.05) is 26.7 Å². The molecule has 3 aliphatic rings. The molecular formula is C36H40N2O5. The van der Waals surface area contributed by atoms with Crippen LogP contribution in [0.25, 0.3) is 11.1 Å². The highest BCUT2D eigenvalue weighted by Crippen LogP contribution is 2.31. The first-order chi connectivity index (χ1) is 21.0. The van der Waals surface area contributed by atoms with Crippen LogP contribution in [0.4, 0.5) is 4.79 Å². The Balaban J connectivity index is 0.000000420. The monoisotopic (exact) mass is 580 g/mol. The van der Waals surface area contributed by atoms with Crippen LogP contribution in [-0.4, -0.2) is 49.1 Å². The van der Waals surface area contributed by atoms with Crippen LogP contribution < -0.4 is 14.8 Å². The van der Waals surface area contributed by atoms with Crippen molar-refractivity contribution in [2.45, 2.75) is 31.9 Å². The van der Waals surface area contributed by atoms with E-state index in [4.69, 9.17) is 9.47 Å². The average molecular weight is 581 g/mol. The first kappa shape index (κ1) is 29.9. The number of hydrogen-bond donors (Lipinski definition) is 2. The van der Waals surface area contributed by atoms with Gasteiger partial charge >= 0.3 is 6.09 Å². The summed E-state index contributed by atoms with van der Waals surface area (Å²) in [7, 11) is 1.60. The number of carbonyl (C=O) groups is 2. The van der Waals surface area contributed by atoms with Gasteiger partial charge in [0.2, 0.25) is 0 Å². The lowest BCUT2D eigenvalue weighted by atomic mass is 9.89. The molecule has 43 heavy (non-hydrogen) atoms. The van der Waals surface area contributed by atoms with E-state index in [0.717, 1.165) is 40.0 Å². The van der Waals surface area contributed by atoms with Crippen LogP contribution in [0.15, 0.2) is 97.1 Å². The lowest BCUT2D eigenvalue weighted by Crippen LogP contribution is -2.41. The smallest absolute Gasteiger partial charge is 0.405 e. The van der Waals surface area contributed by atoms with Crippen LogP contribution in [-0.2, 0) is 6.61 Å². The summed E-state index contributed by atoms with van der Waals surface area (Å²) < 4.78 is 11.4. The predicted molar refractivity (Wildman–Crippen MR) is 170 cm³/mol. The molecule has 3 heterocycles. The van der Waals surface area contributed by atoms with Gasteiger partial charge in [0, 0.05) is 12.6 Å². The summed E-state index contributed by atoms with van der Waals surface area (Å²) in [6.07, 6.45) is 4.17. The van der Waals surface area contributed by atoms with E-state index in [9.17, 15) is 14.7 Å². The van der Waals surface area contributed by atoms with E-state index < -0.39 is 12.1 Å². The van der Waals surface area contributed by atoms with Crippen LogP contribution in [0.5, 0.6) is 11.5 Å². The number of carbonyl (C=O) groups excluding carboxylic acids is 1. The first-order valence-corrected chi connectivity index (χ1v) is 14.7. The lowest BCUT2D eigenvalue weighted by Gasteiger charge is -2.38. The topological polar surface area (TPSA) is 88.1 Å². The summed E-state index contributed by atoms with van der Waals surface area (Å²) >= 11 is 0. The summed E-state index contributed by atoms with van der Waals surface area (Å²) in [5.74, 6) is 2.44. The van der Waals surface area contributed by atoms with Gasteiger partial charge in [0.1, 0.15) is 24.4 Å². The second-order valence-corrected chi connectivity index (χ2v) is 11.0. The Morgan fingerprint density at radius 2 is 1.63 bits per heavy atom. The zero-order chi connectivity index (χ0) is 30.0. The molecule has 0 aromatic heterocycles. The molecule has 2 bridgehead atoms. The van der Waals surface area contributed by atoms with Gasteiger partial charge in [0.05, 0.1) is 13.2 Å². The SMILES string of the molecule is C1CN2CCC1CC2.COc1ccc(C=O)cc1-c1ccc(COc2cccc([C@@H](NC(=O)O)c3ccccc3)c2)cc1.[HH]. The zero-order valence-electron chi connectivity index (χ0n) is 24.4. The van der Waals surface area contributed by atoms with E-state index in [-0.39, 0.29) is 1.43 Å². The van der Waals surface area contributed by atoms with Crippen LogP contribution in [0.3, 0.4) is 0 Å². The van der Waals surface area contributed by atoms with Crippen molar-refractivity contribution in [2.24, 2.45) is 5.92 Å². The summed E-state index contributed by atoms with van der Waals surface area (Å²) in [5.41, 5.74) is 4.95. The molecule has 0 unspecified atom stereocenters. The van der Waals surface area contributed by atoms with Crippen molar-refractivity contribution in [3.05, 3.63) is 119 Å². The summed E-state index contributed by atoms with van der Waals surface area (Å²) in [6.45, 7) is 4.53. The first-order valence-electron chi connectivity index (χ1n) is 14.7. The largest absolute Gasteiger partial charge is 0.496 e. The average Bonchev–Trinajstić information content (AvgIpc) is 3.08. The molecule has 4 aromatic carbocycles. The van der Waals surface area contributed by atoms with Gasteiger partial charge in [-0.05, 0) is 97.4 Å². The minimum atomic E-state index is -1.10. The molecule has 224 valence electrons. The van der Waals surface area contributed by atoms with Crippen molar-refractivity contribution in [3.63, 3.8) is 0 Å². The number of piperidine rings is 3. The van der Waals surface area contributed by atoms with E-state index >= 15 is 0 Å². The number of nitrogens with zero attached hydrogens (tertiary/aromatic N) is 1. The third kappa shape index (κ3) is 8.02. The molecule has 0 radical (unpaired) electrons. The molecule has 4 aromatic rings. The highest BCUT2D eigenvalue weighted by molar-refractivity contribution is 5.81. The van der Waals surface area contributed by atoms with Gasteiger partial charge in [-0.1, -0.05) is 66.7 Å². The Hall–Kier alpha value is -4.62. The molecule has 0 spiro atoms. The van der Waals surface area contributed by atoms with Crippen LogP contribution in [0, 0.1) is 5.92 Å². The second-order valence-electron chi connectivity index (χ2n) is 11.0. The van der Waals surface area contributed by atoms with E-state index in [1.165, 1.54) is 38.9 Å². The molecule has 1 atom stereocenters. The predicted octanol–water partition coefficient (Wildman–Crippen LogP) is 7.46. The number of hydrogen-bond acceptors (Lipinski definition) is 5. The van der Waals surface area contributed by atoms with Crippen molar-refractivity contribution >= 4 is 12.4 Å². The van der Waals surface area contributed by atoms with E-state index in [0.29, 0.717) is 23.7 Å². The Morgan fingerprint density at radius 3 is 2.21 bits per heavy atom. The van der Waals surface area contributed by atoms with Crippen molar-refractivity contribution < 1.29 is 25.6 Å². The third-order valence-electron chi connectivity index (χ3n) is 8.18. The number of benzene rings is 4. The molecule has 0 aliphatic carbocycles. The fourth-order valence-electron chi connectivity index (χ4n) is 5.75. The standard InChI is InChI=1S/C29H25NO5.C7H13N.H2/c1-34-27-15-12-21(18-31)16-26(27)22-13-10-20(11-14-22)19-35-25-9-5-8-24(17-25)28(30-29(32)33)23-6-3-2-4-7-23;1-4-8-5-2-7(1)3-6-8;/h2-18,28,30H,19H2,1H3,(H,32,33);7H,1-6H2;1H/t28-;;/m0../s1. The van der Waals surface area contributed by atoms with Gasteiger partial charge in [-0.3, -0.25) is 4.79 Å². The molecule has 7 rings (SSSR count). The van der Waals surface area contributed by atoms with Gasteiger partial charge in [-0.25, -0.2) is 4.79 Å². The highest BCUT2D eigenvalue weighted by Gasteiger charge is 2.24. The van der Waals surface area contributed by atoms with Gasteiger partial charge in [0.15, 0.2) is 0 Å². The number of nitrogens with one attached hydrogen (secondary N) is 1. The van der Waals surface area contributed by atoms with Crippen molar-refractivity contribution in [1.82, 2.24) is 10.2 Å². The fraction of sp³-hybridized carbons (Fsp3) is 0.278. The van der Waals surface area contributed by atoms with Crippen molar-refractivity contribution in [1.29, 1.82) is 0 Å². The lowest BCUT2D eigenvalue weighted by molar-refractivity contribution is 0.111. The van der Waals surface area contributed by atoms with Gasteiger partial charge in [-0.2, -0.15) is 0 Å². The zero-order valence-corrected chi connectivity index (χ0v) is 24.4. The number of amides is 1. The maximum absolute atomic E-state index is 11.4. The minimum absolute atomic E-state index is 0. The molecule has 0 saturated carbocycles. The molecule has 2 N–H and O–H groups in total.